The second kappa shape index (κ2) is 19.7. The van der Waals surface area contributed by atoms with Crippen LogP contribution in [-0.2, 0) is 61.7 Å². The van der Waals surface area contributed by atoms with Gasteiger partial charge in [0.25, 0.3) is 0 Å². The van der Waals surface area contributed by atoms with Gasteiger partial charge in [0.2, 0.25) is 17.6 Å². The first-order chi connectivity index (χ1) is 32.5. The van der Waals surface area contributed by atoms with E-state index in [2.05, 4.69) is 5.32 Å². The number of esters is 1. The van der Waals surface area contributed by atoms with E-state index in [1.54, 1.807) is 19.2 Å². The zero-order valence-electron chi connectivity index (χ0n) is 36.7. The molecule has 17 heteroatoms. The summed E-state index contributed by atoms with van der Waals surface area (Å²) in [7, 11) is 1.55. The Kier molecular flexibility index (Phi) is 13.7. The molecule has 2 bridgehead atoms. The standard InChI is InChI=1S/C50H55N3O14/c1-52(35(45(59)51-22-23-54)26-31-13-5-2-6-14-31)48(61)49-27-36-41-42(66-50(65-41,33-18-7-3-8-19-33)34-20-9-4-10-21-34)44(49)67-53(43(49)46(60)63-36)28-32-16-11-15-30(25-32)17-12-24-62-47-40(58)39(57)38(56)37(29-55)64-47/h2-21,25,35-44,47,54-58H,22-24,26-29H2,1H3,(H,51,59)/t35-,36-,37-,38+,39+,40-,41+,42+,43+,44-,47+,49+/m1/s1. The molecule has 2 amide bonds. The molecule has 1 aliphatic carbocycles. The Balaban J connectivity index is 1.04. The summed E-state index contributed by atoms with van der Waals surface area (Å²) in [6.45, 7) is -0.943. The summed E-state index contributed by atoms with van der Waals surface area (Å²) in [5, 5.41) is 54.0. The lowest BCUT2D eigenvalue weighted by Gasteiger charge is -2.50. The second-order valence-electron chi connectivity index (χ2n) is 17.6. The van der Waals surface area contributed by atoms with E-state index in [1.165, 1.54) is 9.96 Å². The number of nitrogens with one attached hydrogen (secondary N) is 1. The molecule has 4 aromatic carbocycles. The Morgan fingerprint density at radius 1 is 0.866 bits per heavy atom. The average Bonchev–Trinajstić information content (AvgIpc) is 3.94. The Morgan fingerprint density at radius 2 is 1.52 bits per heavy atom. The Bertz CT molecular complexity index is 2350. The van der Waals surface area contributed by atoms with E-state index in [9.17, 15) is 35.1 Å². The van der Waals surface area contributed by atoms with Crippen molar-refractivity contribution in [1.82, 2.24) is 15.3 Å². The third-order valence-electron chi connectivity index (χ3n) is 13.4. The number of fused-ring (bicyclic) bond motifs is 4. The van der Waals surface area contributed by atoms with Crippen molar-refractivity contribution in [3.8, 4) is 0 Å². The summed E-state index contributed by atoms with van der Waals surface area (Å²) in [5.74, 6) is -3.15. The van der Waals surface area contributed by atoms with Crippen LogP contribution in [0.25, 0.3) is 6.08 Å². The van der Waals surface area contributed by atoms with Crippen LogP contribution in [-0.4, -0.2) is 154 Å². The van der Waals surface area contributed by atoms with E-state index in [0.717, 1.165) is 11.1 Å². The van der Waals surface area contributed by atoms with Gasteiger partial charge in [-0.3, -0.25) is 19.2 Å². The lowest BCUT2D eigenvalue weighted by molar-refractivity contribution is -0.298. The highest BCUT2D eigenvalue weighted by Gasteiger charge is 2.77. The van der Waals surface area contributed by atoms with Gasteiger partial charge in [-0.1, -0.05) is 127 Å². The van der Waals surface area contributed by atoms with Crippen molar-refractivity contribution in [2.24, 2.45) is 5.41 Å². The molecule has 17 nitrogen and oxygen atoms in total. The van der Waals surface area contributed by atoms with Crippen molar-refractivity contribution in [2.45, 2.75) is 92.4 Å². The highest BCUT2D eigenvalue weighted by molar-refractivity contribution is 5.96. The zero-order chi connectivity index (χ0) is 46.9. The van der Waals surface area contributed by atoms with Crippen molar-refractivity contribution in [2.75, 3.05) is 33.4 Å². The van der Waals surface area contributed by atoms with Gasteiger partial charge in [-0.25, -0.2) is 0 Å². The lowest BCUT2D eigenvalue weighted by atomic mass is 9.62. The number of likely N-dealkylation sites (N-methyl/N-ethyl adjacent to an activating group) is 1. The lowest BCUT2D eigenvalue weighted by Crippen LogP contribution is -2.70. The molecule has 12 atom stereocenters. The molecule has 67 heavy (non-hydrogen) atoms. The minimum atomic E-state index is -1.63. The number of aliphatic hydroxyl groups excluding tert-OH is 5. The highest BCUT2D eigenvalue weighted by atomic mass is 16.8. The van der Waals surface area contributed by atoms with E-state index in [4.69, 9.17) is 28.5 Å². The van der Waals surface area contributed by atoms with Gasteiger partial charge in [-0.2, -0.15) is 5.06 Å². The van der Waals surface area contributed by atoms with E-state index in [1.807, 2.05) is 115 Å². The minimum absolute atomic E-state index is 0.00543. The molecule has 0 unspecified atom stereocenters. The van der Waals surface area contributed by atoms with Gasteiger partial charge in [-0.15, -0.1) is 0 Å². The summed E-state index contributed by atoms with van der Waals surface area (Å²) in [6.07, 6.45) is -7.31. The van der Waals surface area contributed by atoms with Gasteiger partial charge >= 0.3 is 5.97 Å². The smallest absolute Gasteiger partial charge is 0.327 e. The van der Waals surface area contributed by atoms with Crippen LogP contribution < -0.4 is 5.32 Å². The van der Waals surface area contributed by atoms with Crippen LogP contribution in [0.5, 0.6) is 0 Å². The third kappa shape index (κ3) is 8.70. The van der Waals surface area contributed by atoms with Crippen molar-refractivity contribution in [3.63, 3.8) is 0 Å². The number of ether oxygens (including phenoxy) is 5. The van der Waals surface area contributed by atoms with E-state index < -0.39 is 103 Å². The Labute approximate surface area is 387 Å². The second-order valence-corrected chi connectivity index (χ2v) is 17.6. The SMILES string of the molecule is CN(C(=O)[C@@]12C[C@H]3OC(=O)[C@@H]1N(Cc1cccc(C=CCO[C@H]4O[C@H](CO)[C@H](O)[C@H](O)[C@H]4O)c1)O[C@@H]2[C@H]1OC(c2ccccc2)(c2ccccc2)O[C@H]13)[C@H](Cc1ccccc1)C(=O)NCCO. The van der Waals surface area contributed by atoms with Crippen LogP contribution in [0.2, 0.25) is 0 Å². The summed E-state index contributed by atoms with van der Waals surface area (Å²) >= 11 is 0. The molecular weight excluding hydrogens is 867 g/mol. The predicted octanol–water partition coefficient (Wildman–Crippen LogP) is 1.18. The van der Waals surface area contributed by atoms with Crippen molar-refractivity contribution < 1.29 is 68.4 Å². The molecule has 5 fully saturated rings. The minimum Gasteiger partial charge on any atom is -0.458 e. The highest BCUT2D eigenvalue weighted by Crippen LogP contribution is 2.59. The maximum absolute atomic E-state index is 15.7. The van der Waals surface area contributed by atoms with Gasteiger partial charge in [0.1, 0.15) is 60.3 Å². The zero-order valence-corrected chi connectivity index (χ0v) is 36.7. The fourth-order valence-corrected chi connectivity index (χ4v) is 10.2. The van der Waals surface area contributed by atoms with Crippen LogP contribution in [0.15, 0.2) is 121 Å². The topological polar surface area (TPSA) is 226 Å². The Morgan fingerprint density at radius 3 is 2.19 bits per heavy atom. The van der Waals surface area contributed by atoms with Crippen molar-refractivity contribution in [1.29, 1.82) is 0 Å². The molecule has 5 aliphatic rings. The molecule has 9 rings (SSSR count). The molecule has 6 N–H and O–H groups in total. The maximum Gasteiger partial charge on any atom is 0.327 e. The summed E-state index contributed by atoms with van der Waals surface area (Å²) in [6, 6.07) is 33.2. The number of aliphatic hydroxyl groups is 5. The molecule has 0 aromatic heterocycles. The number of amides is 2. The molecule has 354 valence electrons. The number of carbonyl (C=O) groups excluding carboxylic acids is 3. The molecule has 4 aliphatic heterocycles. The van der Waals surface area contributed by atoms with Gasteiger partial charge in [0.15, 0.2) is 12.3 Å². The van der Waals surface area contributed by atoms with Gasteiger partial charge in [0.05, 0.1) is 26.4 Å². The molecule has 0 spiro atoms. The summed E-state index contributed by atoms with van der Waals surface area (Å²) in [4.78, 5) is 52.7. The number of hydroxylamine groups is 2. The Hall–Kier alpha value is -5.41. The number of rotatable bonds is 16. The van der Waals surface area contributed by atoms with E-state index >= 15 is 4.79 Å². The first-order valence-electron chi connectivity index (χ1n) is 22.5. The fraction of sp³-hybridized carbons (Fsp3) is 0.420. The maximum atomic E-state index is 15.7. The van der Waals surface area contributed by atoms with Crippen LogP contribution in [0, 0.1) is 5.41 Å². The fourth-order valence-electron chi connectivity index (χ4n) is 10.2. The predicted molar refractivity (Wildman–Crippen MR) is 237 cm³/mol. The first-order valence-corrected chi connectivity index (χ1v) is 22.5. The summed E-state index contributed by atoms with van der Waals surface area (Å²) < 4.78 is 31.5. The molecule has 1 saturated carbocycles. The number of hydrogen-bond acceptors (Lipinski definition) is 15. The van der Waals surface area contributed by atoms with E-state index in [-0.39, 0.29) is 39.1 Å². The molecule has 0 radical (unpaired) electrons. The van der Waals surface area contributed by atoms with Gasteiger partial charge in [-0.05, 0) is 16.7 Å². The number of nitrogens with zero attached hydrogens (tertiary/aromatic N) is 2. The molecule has 4 aromatic rings. The molecule has 4 saturated heterocycles. The molecule has 4 heterocycles. The number of hydrogen-bond donors (Lipinski definition) is 6. The summed E-state index contributed by atoms with van der Waals surface area (Å²) in [5.41, 5.74) is 1.97. The monoisotopic (exact) mass is 921 g/mol. The van der Waals surface area contributed by atoms with Crippen molar-refractivity contribution >= 4 is 23.9 Å². The normalized spacial score (nSPS) is 31.2. The van der Waals surface area contributed by atoms with Gasteiger partial charge in [0, 0.05) is 37.6 Å². The van der Waals surface area contributed by atoms with E-state index in [0.29, 0.717) is 16.7 Å². The van der Waals surface area contributed by atoms with Crippen molar-refractivity contribution in [3.05, 3.63) is 149 Å². The van der Waals surface area contributed by atoms with Crippen LogP contribution >= 0.6 is 0 Å². The first kappa shape index (κ1) is 46.7. The largest absolute Gasteiger partial charge is 0.458 e. The number of carbonyl (C=O) groups is 3. The van der Waals surface area contributed by atoms with Crippen LogP contribution in [0.1, 0.15) is 34.2 Å². The number of benzene rings is 4. The van der Waals surface area contributed by atoms with Crippen LogP contribution in [0.4, 0.5) is 0 Å². The quantitative estimate of drug-likeness (QED) is 0.0869. The van der Waals surface area contributed by atoms with Crippen LogP contribution in [0.3, 0.4) is 0 Å². The third-order valence-corrected chi connectivity index (χ3v) is 13.4. The average molecular weight is 922 g/mol. The van der Waals surface area contributed by atoms with Gasteiger partial charge < -0.3 is 59.4 Å². The molecular formula is C50H55N3O14.